The zero-order valence-corrected chi connectivity index (χ0v) is 13.2. The highest BCUT2D eigenvalue weighted by molar-refractivity contribution is 6.39. The molecular formula is C16H22N2O3. The topological polar surface area (TPSA) is 66.5 Å². The number of benzene rings is 1. The number of amides is 2. The standard InChI is InChI=1S/C16H22N2O3/c1-6-18(16(3,4)5)15(21)14(20)17-13-9-7-8-12(10-13)11(2)19/h7-10H,6H2,1-5H3,(H,17,20). The molecule has 0 fully saturated rings. The molecule has 0 saturated carbocycles. The van der Waals surface area contributed by atoms with Crippen molar-refractivity contribution in [3.05, 3.63) is 29.8 Å². The summed E-state index contributed by atoms with van der Waals surface area (Å²) < 4.78 is 0. The summed E-state index contributed by atoms with van der Waals surface area (Å²) >= 11 is 0. The Labute approximate surface area is 125 Å². The smallest absolute Gasteiger partial charge is 0.313 e. The van der Waals surface area contributed by atoms with Crippen LogP contribution in [0.25, 0.3) is 0 Å². The molecule has 21 heavy (non-hydrogen) atoms. The Balaban J connectivity index is 2.88. The first-order chi connectivity index (χ1) is 9.66. The van der Waals surface area contributed by atoms with E-state index < -0.39 is 17.4 Å². The van der Waals surface area contributed by atoms with Crippen LogP contribution in [0.5, 0.6) is 0 Å². The second-order valence-corrected chi connectivity index (χ2v) is 5.81. The number of likely N-dealkylation sites (N-methyl/N-ethyl adjacent to an activating group) is 1. The van der Waals surface area contributed by atoms with Crippen LogP contribution in [0.2, 0.25) is 0 Å². The van der Waals surface area contributed by atoms with Crippen LogP contribution in [0.4, 0.5) is 5.69 Å². The highest BCUT2D eigenvalue weighted by atomic mass is 16.2. The molecule has 0 aromatic heterocycles. The van der Waals surface area contributed by atoms with Crippen molar-refractivity contribution in [1.29, 1.82) is 0 Å². The first-order valence-corrected chi connectivity index (χ1v) is 6.90. The molecule has 0 aliphatic rings. The van der Waals surface area contributed by atoms with Crippen molar-refractivity contribution in [2.75, 3.05) is 11.9 Å². The molecule has 1 rings (SSSR count). The number of nitrogens with zero attached hydrogens (tertiary/aromatic N) is 1. The van der Waals surface area contributed by atoms with Crippen molar-refractivity contribution >= 4 is 23.3 Å². The summed E-state index contributed by atoms with van der Waals surface area (Å²) in [6.45, 7) is 9.34. The number of hydrogen-bond acceptors (Lipinski definition) is 3. The van der Waals surface area contributed by atoms with Gasteiger partial charge in [0.25, 0.3) is 0 Å². The molecular weight excluding hydrogens is 268 g/mol. The summed E-state index contributed by atoms with van der Waals surface area (Å²) in [5, 5.41) is 2.54. The molecule has 0 aliphatic heterocycles. The summed E-state index contributed by atoms with van der Waals surface area (Å²) in [5.41, 5.74) is 0.499. The van der Waals surface area contributed by atoms with E-state index in [0.717, 1.165) is 0 Å². The lowest BCUT2D eigenvalue weighted by atomic mass is 10.1. The third-order valence-corrected chi connectivity index (χ3v) is 3.09. The molecule has 5 nitrogen and oxygen atoms in total. The zero-order valence-electron chi connectivity index (χ0n) is 13.2. The van der Waals surface area contributed by atoms with Crippen LogP contribution in [0.3, 0.4) is 0 Å². The van der Waals surface area contributed by atoms with Gasteiger partial charge in [-0.3, -0.25) is 14.4 Å². The molecule has 0 saturated heterocycles. The van der Waals surface area contributed by atoms with Gasteiger partial charge in [0.15, 0.2) is 5.78 Å². The van der Waals surface area contributed by atoms with E-state index in [1.165, 1.54) is 11.8 Å². The van der Waals surface area contributed by atoms with Crippen LogP contribution in [-0.4, -0.2) is 34.6 Å². The number of hydrogen-bond donors (Lipinski definition) is 1. The van der Waals surface area contributed by atoms with E-state index in [2.05, 4.69) is 5.32 Å². The van der Waals surface area contributed by atoms with Crippen molar-refractivity contribution in [3.8, 4) is 0 Å². The number of carbonyl (C=O) groups is 3. The molecule has 0 radical (unpaired) electrons. The number of ketones is 1. The van der Waals surface area contributed by atoms with Crippen molar-refractivity contribution in [2.45, 2.75) is 40.2 Å². The molecule has 2 amide bonds. The van der Waals surface area contributed by atoms with Gasteiger partial charge in [-0.2, -0.15) is 0 Å². The van der Waals surface area contributed by atoms with Gasteiger partial charge in [-0.25, -0.2) is 0 Å². The van der Waals surface area contributed by atoms with E-state index in [1.807, 2.05) is 27.7 Å². The summed E-state index contributed by atoms with van der Waals surface area (Å²) in [5.74, 6) is -1.38. The number of anilines is 1. The van der Waals surface area contributed by atoms with Gasteiger partial charge in [0, 0.05) is 23.3 Å². The molecule has 0 unspecified atom stereocenters. The van der Waals surface area contributed by atoms with Crippen molar-refractivity contribution in [2.24, 2.45) is 0 Å². The Bertz CT molecular complexity index is 559. The zero-order chi connectivity index (χ0) is 16.2. The van der Waals surface area contributed by atoms with Crippen LogP contribution >= 0.6 is 0 Å². The highest BCUT2D eigenvalue weighted by Crippen LogP contribution is 2.15. The minimum Gasteiger partial charge on any atom is -0.330 e. The quantitative estimate of drug-likeness (QED) is 0.687. The average molecular weight is 290 g/mol. The molecule has 5 heteroatoms. The molecule has 1 aromatic rings. The maximum absolute atomic E-state index is 12.2. The SMILES string of the molecule is CCN(C(=O)C(=O)Nc1cccc(C(C)=O)c1)C(C)(C)C. The van der Waals surface area contributed by atoms with E-state index in [-0.39, 0.29) is 5.78 Å². The normalized spacial score (nSPS) is 10.9. The Morgan fingerprint density at radius 1 is 1.19 bits per heavy atom. The molecule has 0 heterocycles. The summed E-state index contributed by atoms with van der Waals surface area (Å²) in [7, 11) is 0. The van der Waals surface area contributed by atoms with Gasteiger partial charge in [-0.1, -0.05) is 12.1 Å². The second kappa shape index (κ2) is 6.52. The lowest BCUT2D eigenvalue weighted by Gasteiger charge is -2.34. The van der Waals surface area contributed by atoms with E-state index in [9.17, 15) is 14.4 Å². The summed E-state index contributed by atoms with van der Waals surface area (Å²) in [4.78, 5) is 37.1. The van der Waals surface area contributed by atoms with Crippen LogP contribution in [0.1, 0.15) is 45.0 Å². The third kappa shape index (κ3) is 4.41. The van der Waals surface area contributed by atoms with E-state index >= 15 is 0 Å². The molecule has 114 valence electrons. The predicted octanol–water partition coefficient (Wildman–Crippen LogP) is 2.47. The molecule has 0 aliphatic carbocycles. The number of carbonyl (C=O) groups excluding carboxylic acids is 3. The largest absolute Gasteiger partial charge is 0.330 e. The van der Waals surface area contributed by atoms with Crippen molar-refractivity contribution in [3.63, 3.8) is 0 Å². The third-order valence-electron chi connectivity index (χ3n) is 3.09. The van der Waals surface area contributed by atoms with Gasteiger partial charge < -0.3 is 10.2 Å². The summed E-state index contributed by atoms with van der Waals surface area (Å²) in [6.07, 6.45) is 0. The molecule has 0 atom stereocenters. The number of Topliss-reactive ketones (excluding diaryl/α,β-unsaturated/α-hetero) is 1. The monoisotopic (exact) mass is 290 g/mol. The molecule has 1 aromatic carbocycles. The minimum absolute atomic E-state index is 0.0951. The molecule has 0 bridgehead atoms. The number of nitrogens with one attached hydrogen (secondary N) is 1. The highest BCUT2D eigenvalue weighted by Gasteiger charge is 2.29. The van der Waals surface area contributed by atoms with Crippen molar-refractivity contribution in [1.82, 2.24) is 4.90 Å². The average Bonchev–Trinajstić information content (AvgIpc) is 2.37. The van der Waals surface area contributed by atoms with Crippen LogP contribution in [-0.2, 0) is 9.59 Å². The Morgan fingerprint density at radius 2 is 1.81 bits per heavy atom. The molecule has 1 N–H and O–H groups in total. The van der Waals surface area contributed by atoms with Gasteiger partial charge >= 0.3 is 11.8 Å². The minimum atomic E-state index is -0.701. The Morgan fingerprint density at radius 3 is 2.29 bits per heavy atom. The fourth-order valence-electron chi connectivity index (χ4n) is 2.05. The van der Waals surface area contributed by atoms with Crippen LogP contribution < -0.4 is 5.32 Å². The van der Waals surface area contributed by atoms with Gasteiger partial charge in [-0.05, 0) is 46.8 Å². The van der Waals surface area contributed by atoms with Gasteiger partial charge in [0.1, 0.15) is 0 Å². The van der Waals surface area contributed by atoms with Gasteiger partial charge in [-0.15, -0.1) is 0 Å². The van der Waals surface area contributed by atoms with Gasteiger partial charge in [0.2, 0.25) is 0 Å². The fraction of sp³-hybridized carbons (Fsp3) is 0.438. The van der Waals surface area contributed by atoms with Gasteiger partial charge in [0.05, 0.1) is 0 Å². The fourth-order valence-corrected chi connectivity index (χ4v) is 2.05. The van der Waals surface area contributed by atoms with E-state index in [4.69, 9.17) is 0 Å². The Kier molecular flexibility index (Phi) is 5.24. The maximum atomic E-state index is 12.2. The predicted molar refractivity (Wildman–Crippen MR) is 82.2 cm³/mol. The van der Waals surface area contributed by atoms with E-state index in [0.29, 0.717) is 17.8 Å². The Hall–Kier alpha value is -2.17. The second-order valence-electron chi connectivity index (χ2n) is 5.81. The first kappa shape index (κ1) is 16.9. The van der Waals surface area contributed by atoms with Crippen LogP contribution in [0.15, 0.2) is 24.3 Å². The number of rotatable bonds is 3. The first-order valence-electron chi connectivity index (χ1n) is 6.90. The van der Waals surface area contributed by atoms with Crippen LogP contribution in [0, 0.1) is 0 Å². The van der Waals surface area contributed by atoms with Crippen molar-refractivity contribution < 1.29 is 14.4 Å². The van der Waals surface area contributed by atoms with E-state index in [1.54, 1.807) is 24.3 Å². The lowest BCUT2D eigenvalue weighted by Crippen LogP contribution is -2.49. The summed E-state index contributed by atoms with van der Waals surface area (Å²) in [6, 6.07) is 6.53. The maximum Gasteiger partial charge on any atom is 0.313 e. The molecule has 0 spiro atoms. The lowest BCUT2D eigenvalue weighted by molar-refractivity contribution is -0.146.